The van der Waals surface area contributed by atoms with Crippen molar-refractivity contribution in [2.24, 2.45) is 5.10 Å². The number of carbonyl (C=O) groups is 2. The predicted molar refractivity (Wildman–Crippen MR) is 66.6 cm³/mol. The molecule has 0 saturated heterocycles. The molecule has 1 N–H and O–H groups in total. The maximum absolute atomic E-state index is 11.7. The molecule has 0 spiro atoms. The number of hydrazone groups is 1. The van der Waals surface area contributed by atoms with Gasteiger partial charge in [0, 0.05) is 13.1 Å². The highest BCUT2D eigenvalue weighted by molar-refractivity contribution is 6.34. The molecule has 0 aliphatic heterocycles. The van der Waals surface area contributed by atoms with Gasteiger partial charge < -0.3 is 4.74 Å². The van der Waals surface area contributed by atoms with Crippen LogP contribution in [0.15, 0.2) is 17.4 Å². The Hall–Kier alpha value is -1.95. The van der Waals surface area contributed by atoms with Gasteiger partial charge in [0.15, 0.2) is 0 Å². The summed E-state index contributed by atoms with van der Waals surface area (Å²) in [5.74, 6) is -0.911. The number of aromatic nitrogens is 1. The number of halogens is 1. The molecule has 0 aromatic carbocycles. The van der Waals surface area contributed by atoms with Crippen LogP contribution in [0.2, 0.25) is 5.02 Å². The van der Waals surface area contributed by atoms with Gasteiger partial charge in [0.2, 0.25) is 5.91 Å². The summed E-state index contributed by atoms with van der Waals surface area (Å²) in [5, 5.41) is 3.85. The molecule has 6 nitrogen and oxygen atoms in total. The summed E-state index contributed by atoms with van der Waals surface area (Å²) >= 11 is 5.91. The highest BCUT2D eigenvalue weighted by Crippen LogP contribution is 2.18. The molecule has 0 bridgehead atoms. The van der Waals surface area contributed by atoms with Crippen LogP contribution in [-0.2, 0) is 9.53 Å². The molecule has 1 amide bonds. The molecule has 7 heteroatoms. The first kappa shape index (κ1) is 14.1. The standard InChI is InChI=1S/C11H12ClN3O3/c1-3-18-11(17)10-8(12)4-5-13-9(10)6-14-15-7(2)16/h4-6H,3H2,1-2H3,(H,15,16)/b14-6-. The summed E-state index contributed by atoms with van der Waals surface area (Å²) in [4.78, 5) is 26.3. The average molecular weight is 270 g/mol. The van der Waals surface area contributed by atoms with E-state index in [2.05, 4.69) is 15.5 Å². The minimum Gasteiger partial charge on any atom is -0.462 e. The normalized spacial score (nSPS) is 10.4. The van der Waals surface area contributed by atoms with Crippen molar-refractivity contribution in [3.63, 3.8) is 0 Å². The molecule has 1 heterocycles. The van der Waals surface area contributed by atoms with E-state index in [1.807, 2.05) is 0 Å². The van der Waals surface area contributed by atoms with E-state index in [-0.39, 0.29) is 28.8 Å². The first-order valence-corrected chi connectivity index (χ1v) is 5.55. The number of amides is 1. The molecule has 0 radical (unpaired) electrons. The van der Waals surface area contributed by atoms with E-state index in [4.69, 9.17) is 16.3 Å². The van der Waals surface area contributed by atoms with Gasteiger partial charge in [-0.05, 0) is 13.0 Å². The molecule has 0 fully saturated rings. The zero-order valence-corrected chi connectivity index (χ0v) is 10.7. The molecule has 0 atom stereocenters. The van der Waals surface area contributed by atoms with E-state index in [0.29, 0.717) is 0 Å². The molecule has 0 unspecified atom stereocenters. The lowest BCUT2D eigenvalue weighted by Gasteiger charge is -2.06. The van der Waals surface area contributed by atoms with E-state index in [1.54, 1.807) is 6.92 Å². The summed E-state index contributed by atoms with van der Waals surface area (Å²) in [6, 6.07) is 1.48. The second-order valence-corrected chi connectivity index (χ2v) is 3.61. The van der Waals surface area contributed by atoms with Crippen molar-refractivity contribution < 1.29 is 14.3 Å². The van der Waals surface area contributed by atoms with Gasteiger partial charge in [-0.1, -0.05) is 11.6 Å². The van der Waals surface area contributed by atoms with Crippen LogP contribution in [0.4, 0.5) is 0 Å². The van der Waals surface area contributed by atoms with E-state index >= 15 is 0 Å². The van der Waals surface area contributed by atoms with Gasteiger partial charge in [-0.15, -0.1) is 0 Å². The summed E-state index contributed by atoms with van der Waals surface area (Å²) in [6.45, 7) is 3.23. The maximum Gasteiger partial charge on any atom is 0.341 e. The second-order valence-electron chi connectivity index (χ2n) is 3.20. The van der Waals surface area contributed by atoms with E-state index in [0.717, 1.165) is 0 Å². The lowest BCUT2D eigenvalue weighted by atomic mass is 10.2. The van der Waals surface area contributed by atoms with Gasteiger partial charge in [0.25, 0.3) is 0 Å². The van der Waals surface area contributed by atoms with Crippen molar-refractivity contribution in [2.75, 3.05) is 6.61 Å². The molecule has 1 rings (SSSR count). The summed E-state index contributed by atoms with van der Waals surface area (Å²) in [7, 11) is 0. The van der Waals surface area contributed by atoms with Gasteiger partial charge in [0.05, 0.1) is 23.5 Å². The van der Waals surface area contributed by atoms with Gasteiger partial charge in [-0.3, -0.25) is 9.78 Å². The number of nitrogens with zero attached hydrogens (tertiary/aromatic N) is 2. The van der Waals surface area contributed by atoms with Gasteiger partial charge in [0.1, 0.15) is 5.56 Å². The number of esters is 1. The molecule has 18 heavy (non-hydrogen) atoms. The number of hydrogen-bond donors (Lipinski definition) is 1. The Bertz CT molecular complexity index is 488. The fraction of sp³-hybridized carbons (Fsp3) is 0.273. The number of hydrogen-bond acceptors (Lipinski definition) is 5. The van der Waals surface area contributed by atoms with Crippen LogP contribution in [0, 0.1) is 0 Å². The SMILES string of the molecule is CCOC(=O)c1c(Cl)ccnc1/C=N\NC(C)=O. The molecule has 0 aliphatic carbocycles. The lowest BCUT2D eigenvalue weighted by molar-refractivity contribution is -0.118. The zero-order valence-electron chi connectivity index (χ0n) is 9.94. The van der Waals surface area contributed by atoms with Crippen LogP contribution >= 0.6 is 11.6 Å². The Morgan fingerprint density at radius 3 is 2.94 bits per heavy atom. The van der Waals surface area contributed by atoms with Crippen LogP contribution in [0.1, 0.15) is 29.9 Å². The number of pyridine rings is 1. The monoisotopic (exact) mass is 269 g/mol. The largest absolute Gasteiger partial charge is 0.462 e. The third kappa shape index (κ3) is 3.81. The minimum atomic E-state index is -0.583. The van der Waals surface area contributed by atoms with Crippen molar-refractivity contribution >= 4 is 29.7 Å². The molecular weight excluding hydrogens is 258 g/mol. The topological polar surface area (TPSA) is 80.7 Å². The van der Waals surface area contributed by atoms with E-state index < -0.39 is 5.97 Å². The smallest absolute Gasteiger partial charge is 0.341 e. The van der Waals surface area contributed by atoms with Crippen molar-refractivity contribution in [1.29, 1.82) is 0 Å². The zero-order chi connectivity index (χ0) is 13.5. The van der Waals surface area contributed by atoms with Crippen molar-refractivity contribution in [3.8, 4) is 0 Å². The predicted octanol–water partition coefficient (Wildman–Crippen LogP) is 1.38. The third-order valence-electron chi connectivity index (χ3n) is 1.82. The fourth-order valence-electron chi connectivity index (χ4n) is 1.14. The number of carbonyl (C=O) groups excluding carboxylic acids is 2. The van der Waals surface area contributed by atoms with Gasteiger partial charge in [-0.25, -0.2) is 10.2 Å². The molecule has 1 aromatic heterocycles. The Morgan fingerprint density at radius 1 is 1.61 bits per heavy atom. The van der Waals surface area contributed by atoms with Crippen LogP contribution < -0.4 is 5.43 Å². The van der Waals surface area contributed by atoms with Gasteiger partial charge in [-0.2, -0.15) is 5.10 Å². The molecule has 1 aromatic rings. The van der Waals surface area contributed by atoms with Crippen molar-refractivity contribution in [1.82, 2.24) is 10.4 Å². The maximum atomic E-state index is 11.7. The number of ether oxygens (including phenoxy) is 1. The van der Waals surface area contributed by atoms with Crippen LogP contribution in [0.3, 0.4) is 0 Å². The quantitative estimate of drug-likeness (QED) is 0.509. The number of rotatable bonds is 4. The molecular formula is C11H12ClN3O3. The molecule has 0 aliphatic rings. The Morgan fingerprint density at radius 2 is 2.33 bits per heavy atom. The van der Waals surface area contributed by atoms with E-state index in [1.165, 1.54) is 25.4 Å². The lowest BCUT2D eigenvalue weighted by Crippen LogP contribution is -2.14. The van der Waals surface area contributed by atoms with Crippen molar-refractivity contribution in [3.05, 3.63) is 28.5 Å². The molecule has 96 valence electrons. The Balaban J connectivity index is 3.04. The highest BCUT2D eigenvalue weighted by atomic mass is 35.5. The summed E-state index contributed by atoms with van der Waals surface area (Å²) in [6.07, 6.45) is 2.67. The minimum absolute atomic E-state index is 0.120. The summed E-state index contributed by atoms with van der Waals surface area (Å²) in [5.41, 5.74) is 2.56. The Kier molecular flexibility index (Phi) is 5.26. The average Bonchev–Trinajstić information content (AvgIpc) is 2.28. The molecule has 0 saturated carbocycles. The van der Waals surface area contributed by atoms with Crippen molar-refractivity contribution in [2.45, 2.75) is 13.8 Å². The van der Waals surface area contributed by atoms with Crippen LogP contribution in [0.5, 0.6) is 0 Å². The third-order valence-corrected chi connectivity index (χ3v) is 2.13. The van der Waals surface area contributed by atoms with Crippen LogP contribution in [-0.4, -0.2) is 29.7 Å². The van der Waals surface area contributed by atoms with E-state index in [9.17, 15) is 9.59 Å². The van der Waals surface area contributed by atoms with Gasteiger partial charge >= 0.3 is 5.97 Å². The first-order valence-electron chi connectivity index (χ1n) is 5.17. The Labute approximate surface area is 109 Å². The first-order chi connectivity index (χ1) is 8.56. The number of nitrogens with one attached hydrogen (secondary N) is 1. The summed E-state index contributed by atoms with van der Waals surface area (Å²) < 4.78 is 4.86. The second kappa shape index (κ2) is 6.70. The fourth-order valence-corrected chi connectivity index (χ4v) is 1.37. The highest BCUT2D eigenvalue weighted by Gasteiger charge is 2.16. The van der Waals surface area contributed by atoms with Crippen LogP contribution in [0.25, 0.3) is 0 Å².